The van der Waals surface area contributed by atoms with E-state index in [0.29, 0.717) is 0 Å². The second-order valence-electron chi connectivity index (χ2n) is 2.67. The molecule has 82 valence electrons. The number of alkyl halides is 2. The molecule has 0 saturated heterocycles. The van der Waals surface area contributed by atoms with Gasteiger partial charge in [-0.15, -0.1) is 0 Å². The molecule has 0 spiro atoms. The molecular formula is C10H10F3NO. The molecule has 2 nitrogen and oxygen atoms in total. The lowest BCUT2D eigenvalue weighted by Gasteiger charge is -2.08. The van der Waals surface area contributed by atoms with E-state index in [1.807, 2.05) is 0 Å². The Labute approximate surface area is 85.2 Å². The van der Waals surface area contributed by atoms with Crippen molar-refractivity contribution >= 4 is 6.08 Å². The molecule has 0 unspecified atom stereocenters. The van der Waals surface area contributed by atoms with Crippen LogP contribution >= 0.6 is 0 Å². The molecule has 0 aliphatic heterocycles. The van der Waals surface area contributed by atoms with Gasteiger partial charge in [-0.3, -0.25) is 0 Å². The van der Waals surface area contributed by atoms with E-state index in [1.54, 1.807) is 0 Å². The average molecular weight is 217 g/mol. The largest absolute Gasteiger partial charge is 0.434 e. The quantitative estimate of drug-likeness (QED) is 0.840. The summed E-state index contributed by atoms with van der Waals surface area (Å²) >= 11 is 0. The van der Waals surface area contributed by atoms with Crippen LogP contribution < -0.4 is 10.5 Å². The highest BCUT2D eigenvalue weighted by Gasteiger charge is 2.10. The molecule has 5 heteroatoms. The second kappa shape index (κ2) is 5.41. The third-order valence-electron chi connectivity index (χ3n) is 1.65. The molecule has 0 aliphatic carbocycles. The van der Waals surface area contributed by atoms with E-state index in [1.165, 1.54) is 24.3 Å². The maximum absolute atomic E-state index is 13.2. The Bertz CT molecular complexity index is 353. The van der Waals surface area contributed by atoms with Gasteiger partial charge in [-0.05, 0) is 12.1 Å². The minimum absolute atomic E-state index is 0.0248. The summed E-state index contributed by atoms with van der Waals surface area (Å²) in [7, 11) is 0. The molecule has 0 atom stereocenters. The Morgan fingerprint density at radius 1 is 1.40 bits per heavy atom. The Hall–Kier alpha value is -1.49. The van der Waals surface area contributed by atoms with Crippen molar-refractivity contribution in [2.75, 3.05) is 6.54 Å². The number of benzene rings is 1. The van der Waals surface area contributed by atoms with Gasteiger partial charge in [-0.1, -0.05) is 18.2 Å². The molecule has 0 amide bonds. The van der Waals surface area contributed by atoms with Crippen LogP contribution in [0.1, 0.15) is 5.56 Å². The maximum atomic E-state index is 13.2. The fourth-order valence-electron chi connectivity index (χ4n) is 1.06. The SMILES string of the molecule is NCC=Cc1c(F)cccc1OC(F)F. The van der Waals surface area contributed by atoms with Gasteiger partial charge >= 0.3 is 6.61 Å². The number of halogens is 3. The fourth-order valence-corrected chi connectivity index (χ4v) is 1.06. The molecular weight excluding hydrogens is 207 g/mol. The van der Waals surface area contributed by atoms with Gasteiger partial charge in [0.05, 0.1) is 5.56 Å². The van der Waals surface area contributed by atoms with Crippen LogP contribution in [0.5, 0.6) is 5.75 Å². The zero-order valence-corrected chi connectivity index (χ0v) is 7.79. The van der Waals surface area contributed by atoms with Gasteiger partial charge in [0.15, 0.2) is 0 Å². The van der Waals surface area contributed by atoms with Crippen molar-refractivity contribution in [1.82, 2.24) is 0 Å². The van der Waals surface area contributed by atoms with Gasteiger partial charge in [0, 0.05) is 6.54 Å². The van der Waals surface area contributed by atoms with Crippen LogP contribution in [0.15, 0.2) is 24.3 Å². The number of nitrogens with two attached hydrogens (primary N) is 1. The van der Waals surface area contributed by atoms with Crippen LogP contribution in [0.2, 0.25) is 0 Å². The van der Waals surface area contributed by atoms with Crippen molar-refractivity contribution in [3.05, 3.63) is 35.7 Å². The van der Waals surface area contributed by atoms with Crippen molar-refractivity contribution in [1.29, 1.82) is 0 Å². The van der Waals surface area contributed by atoms with Crippen molar-refractivity contribution < 1.29 is 17.9 Å². The van der Waals surface area contributed by atoms with E-state index >= 15 is 0 Å². The third kappa shape index (κ3) is 3.28. The van der Waals surface area contributed by atoms with Crippen LogP contribution in [0.4, 0.5) is 13.2 Å². The van der Waals surface area contributed by atoms with E-state index < -0.39 is 12.4 Å². The molecule has 0 radical (unpaired) electrons. The minimum Gasteiger partial charge on any atom is -0.434 e. The van der Waals surface area contributed by atoms with Gasteiger partial charge in [-0.25, -0.2) is 4.39 Å². The number of hydrogen-bond donors (Lipinski definition) is 1. The van der Waals surface area contributed by atoms with Crippen LogP contribution in [-0.2, 0) is 0 Å². The van der Waals surface area contributed by atoms with E-state index in [0.717, 1.165) is 6.07 Å². The first-order valence-electron chi connectivity index (χ1n) is 4.25. The zero-order chi connectivity index (χ0) is 11.3. The zero-order valence-electron chi connectivity index (χ0n) is 7.79. The van der Waals surface area contributed by atoms with Crippen LogP contribution in [0.25, 0.3) is 6.08 Å². The molecule has 0 heterocycles. The van der Waals surface area contributed by atoms with Gasteiger partial charge in [0.2, 0.25) is 0 Å². The van der Waals surface area contributed by atoms with E-state index in [4.69, 9.17) is 5.73 Å². The Kier molecular flexibility index (Phi) is 4.17. The maximum Gasteiger partial charge on any atom is 0.387 e. The van der Waals surface area contributed by atoms with Crippen LogP contribution in [-0.4, -0.2) is 13.2 Å². The summed E-state index contributed by atoms with van der Waals surface area (Å²) in [5.74, 6) is -0.826. The topological polar surface area (TPSA) is 35.2 Å². The standard InChI is InChI=1S/C10H10F3NO/c11-8-4-1-5-9(15-10(12)13)7(8)3-2-6-14/h1-5,10H,6,14H2. The van der Waals surface area contributed by atoms with Gasteiger partial charge < -0.3 is 10.5 Å². The van der Waals surface area contributed by atoms with E-state index in [9.17, 15) is 13.2 Å². The molecule has 0 bridgehead atoms. The molecule has 0 aliphatic rings. The molecule has 1 aromatic carbocycles. The Balaban J connectivity index is 3.02. The summed E-state index contributed by atoms with van der Waals surface area (Å²) < 4.78 is 41.3. The lowest BCUT2D eigenvalue weighted by atomic mass is 10.1. The van der Waals surface area contributed by atoms with Gasteiger partial charge in [-0.2, -0.15) is 8.78 Å². The number of rotatable bonds is 4. The first-order chi connectivity index (χ1) is 7.15. The number of ether oxygens (including phenoxy) is 1. The first kappa shape index (κ1) is 11.6. The molecule has 0 fully saturated rings. The Morgan fingerprint density at radius 3 is 2.73 bits per heavy atom. The summed E-state index contributed by atoms with van der Waals surface area (Å²) in [6.07, 6.45) is 2.77. The first-order valence-corrected chi connectivity index (χ1v) is 4.25. The summed E-state index contributed by atoms with van der Waals surface area (Å²) in [6, 6.07) is 3.73. The molecule has 0 aromatic heterocycles. The summed E-state index contributed by atoms with van der Waals surface area (Å²) in [5.41, 5.74) is 5.15. The highest BCUT2D eigenvalue weighted by molar-refractivity contribution is 5.58. The average Bonchev–Trinajstić information content (AvgIpc) is 2.16. The molecule has 15 heavy (non-hydrogen) atoms. The molecule has 2 N–H and O–H groups in total. The molecule has 1 aromatic rings. The van der Waals surface area contributed by atoms with Gasteiger partial charge in [0.1, 0.15) is 11.6 Å². The van der Waals surface area contributed by atoms with Crippen molar-refractivity contribution in [2.24, 2.45) is 5.73 Å². The van der Waals surface area contributed by atoms with E-state index in [-0.39, 0.29) is 17.9 Å². The van der Waals surface area contributed by atoms with Crippen molar-refractivity contribution in [3.63, 3.8) is 0 Å². The third-order valence-corrected chi connectivity index (χ3v) is 1.65. The van der Waals surface area contributed by atoms with Crippen molar-refractivity contribution in [3.8, 4) is 5.75 Å². The fraction of sp³-hybridized carbons (Fsp3) is 0.200. The summed E-state index contributed by atoms with van der Waals surface area (Å²) in [4.78, 5) is 0. The predicted molar refractivity (Wildman–Crippen MR) is 51.1 cm³/mol. The monoisotopic (exact) mass is 217 g/mol. The Morgan fingerprint density at radius 2 is 2.13 bits per heavy atom. The molecule has 0 saturated carbocycles. The minimum atomic E-state index is -2.98. The van der Waals surface area contributed by atoms with E-state index in [2.05, 4.69) is 4.74 Å². The van der Waals surface area contributed by atoms with Crippen molar-refractivity contribution in [2.45, 2.75) is 6.61 Å². The normalized spacial score (nSPS) is 11.3. The number of hydrogen-bond acceptors (Lipinski definition) is 2. The summed E-state index contributed by atoms with van der Waals surface area (Å²) in [6.45, 7) is -2.78. The second-order valence-corrected chi connectivity index (χ2v) is 2.67. The van der Waals surface area contributed by atoms with Gasteiger partial charge in [0.25, 0.3) is 0 Å². The highest BCUT2D eigenvalue weighted by Crippen LogP contribution is 2.24. The highest BCUT2D eigenvalue weighted by atomic mass is 19.3. The lowest BCUT2D eigenvalue weighted by Crippen LogP contribution is -2.04. The molecule has 1 rings (SSSR count). The lowest BCUT2D eigenvalue weighted by molar-refractivity contribution is -0.0501. The summed E-state index contributed by atoms with van der Waals surface area (Å²) in [5, 5.41) is 0. The van der Waals surface area contributed by atoms with Crippen LogP contribution in [0.3, 0.4) is 0 Å². The van der Waals surface area contributed by atoms with Crippen LogP contribution in [0, 0.1) is 5.82 Å². The predicted octanol–water partition coefficient (Wildman–Crippen LogP) is 2.40. The smallest absolute Gasteiger partial charge is 0.387 e.